The highest BCUT2D eigenvalue weighted by Crippen LogP contribution is 2.28. The SMILES string of the molecule is CN(C(=O)[C@@H]1C=C[C@H](NC(=O)OC(C)(C)C)C1)c1cn(-c2cccnc2)nc1Cl. The number of pyridine rings is 1. The highest BCUT2D eigenvalue weighted by molar-refractivity contribution is 6.32. The van der Waals surface area contributed by atoms with E-state index in [1.807, 2.05) is 6.07 Å². The van der Waals surface area contributed by atoms with Gasteiger partial charge in [-0.05, 0) is 39.3 Å². The van der Waals surface area contributed by atoms with Crippen molar-refractivity contribution in [2.45, 2.75) is 38.8 Å². The Kier molecular flexibility index (Phi) is 5.93. The van der Waals surface area contributed by atoms with E-state index in [2.05, 4.69) is 15.4 Å². The van der Waals surface area contributed by atoms with Crippen molar-refractivity contribution in [3.8, 4) is 5.69 Å². The zero-order valence-electron chi connectivity index (χ0n) is 16.8. The summed E-state index contributed by atoms with van der Waals surface area (Å²) in [4.78, 5) is 30.4. The smallest absolute Gasteiger partial charge is 0.408 e. The van der Waals surface area contributed by atoms with E-state index >= 15 is 0 Å². The van der Waals surface area contributed by atoms with Crippen LogP contribution in [0.1, 0.15) is 27.2 Å². The zero-order chi connectivity index (χ0) is 21.2. The highest BCUT2D eigenvalue weighted by atomic mass is 35.5. The summed E-state index contributed by atoms with van der Waals surface area (Å²) in [7, 11) is 1.65. The Morgan fingerprint density at radius 3 is 2.76 bits per heavy atom. The molecule has 2 amide bonds. The van der Waals surface area contributed by atoms with E-state index in [1.54, 1.807) is 69.3 Å². The Bertz CT molecular complexity index is 920. The highest BCUT2D eigenvalue weighted by Gasteiger charge is 2.30. The maximum atomic E-state index is 12.9. The van der Waals surface area contributed by atoms with Crippen molar-refractivity contribution in [2.24, 2.45) is 5.92 Å². The Morgan fingerprint density at radius 2 is 2.10 bits per heavy atom. The van der Waals surface area contributed by atoms with Gasteiger partial charge in [-0.3, -0.25) is 9.78 Å². The molecule has 2 aromatic heterocycles. The van der Waals surface area contributed by atoms with Crippen LogP contribution in [0.4, 0.5) is 10.5 Å². The number of hydrogen-bond acceptors (Lipinski definition) is 5. The normalized spacial score (nSPS) is 18.5. The fourth-order valence-corrected chi connectivity index (χ4v) is 3.26. The minimum Gasteiger partial charge on any atom is -0.444 e. The summed E-state index contributed by atoms with van der Waals surface area (Å²) in [5.74, 6) is -0.514. The van der Waals surface area contributed by atoms with Crippen LogP contribution in [0.2, 0.25) is 5.15 Å². The number of alkyl carbamates (subject to hydrolysis) is 1. The molecule has 1 aliphatic carbocycles. The van der Waals surface area contributed by atoms with E-state index < -0.39 is 11.7 Å². The molecule has 2 aromatic rings. The number of hydrogen-bond donors (Lipinski definition) is 1. The molecule has 0 aromatic carbocycles. The van der Waals surface area contributed by atoms with Crippen molar-refractivity contribution in [1.29, 1.82) is 0 Å². The van der Waals surface area contributed by atoms with Crippen molar-refractivity contribution in [1.82, 2.24) is 20.1 Å². The molecular formula is C20H24ClN5O3. The van der Waals surface area contributed by atoms with Gasteiger partial charge in [0, 0.05) is 13.2 Å². The average molecular weight is 418 g/mol. The molecule has 0 unspecified atom stereocenters. The predicted molar refractivity (Wildman–Crippen MR) is 110 cm³/mol. The maximum absolute atomic E-state index is 12.9. The summed E-state index contributed by atoms with van der Waals surface area (Å²) in [6.45, 7) is 5.40. The number of ether oxygens (including phenoxy) is 1. The largest absolute Gasteiger partial charge is 0.444 e. The van der Waals surface area contributed by atoms with E-state index in [1.165, 1.54) is 4.90 Å². The van der Waals surface area contributed by atoms with E-state index in [0.717, 1.165) is 5.69 Å². The molecule has 0 saturated carbocycles. The molecule has 2 atom stereocenters. The van der Waals surface area contributed by atoms with Gasteiger partial charge in [0.05, 0.1) is 30.0 Å². The number of nitrogens with zero attached hydrogens (tertiary/aromatic N) is 4. The fourth-order valence-electron chi connectivity index (χ4n) is 3.01. The van der Waals surface area contributed by atoms with Gasteiger partial charge in [0.1, 0.15) is 11.3 Å². The van der Waals surface area contributed by atoms with Gasteiger partial charge in [-0.1, -0.05) is 23.8 Å². The number of carbonyl (C=O) groups is 2. The third kappa shape index (κ3) is 5.14. The number of nitrogens with one attached hydrogen (secondary N) is 1. The molecule has 1 N–H and O–H groups in total. The average Bonchev–Trinajstić information content (AvgIpc) is 3.26. The van der Waals surface area contributed by atoms with Gasteiger partial charge in [0.2, 0.25) is 5.91 Å². The molecule has 2 heterocycles. The Morgan fingerprint density at radius 1 is 1.34 bits per heavy atom. The Balaban J connectivity index is 1.64. The first-order valence-electron chi connectivity index (χ1n) is 9.25. The minimum absolute atomic E-state index is 0.137. The van der Waals surface area contributed by atoms with Crippen LogP contribution in [0.3, 0.4) is 0 Å². The first-order chi connectivity index (χ1) is 13.6. The van der Waals surface area contributed by atoms with E-state index in [-0.39, 0.29) is 23.0 Å². The van der Waals surface area contributed by atoms with Crippen LogP contribution >= 0.6 is 11.6 Å². The molecule has 0 radical (unpaired) electrons. The molecule has 8 nitrogen and oxygen atoms in total. The molecule has 9 heteroatoms. The van der Waals surface area contributed by atoms with Gasteiger partial charge in [0.25, 0.3) is 0 Å². The second-order valence-electron chi connectivity index (χ2n) is 7.84. The second-order valence-corrected chi connectivity index (χ2v) is 8.20. The van der Waals surface area contributed by atoms with Crippen molar-refractivity contribution < 1.29 is 14.3 Å². The Hall–Kier alpha value is -2.87. The number of anilines is 1. The van der Waals surface area contributed by atoms with Crippen LogP contribution < -0.4 is 10.2 Å². The summed E-state index contributed by atoms with van der Waals surface area (Å²) in [5.41, 5.74) is 0.661. The molecule has 0 aliphatic heterocycles. The number of amides is 2. The van der Waals surface area contributed by atoms with Crippen LogP contribution in [-0.2, 0) is 9.53 Å². The van der Waals surface area contributed by atoms with Gasteiger partial charge in [-0.25, -0.2) is 9.48 Å². The first kappa shape index (κ1) is 20.9. The zero-order valence-corrected chi connectivity index (χ0v) is 17.6. The van der Waals surface area contributed by atoms with Gasteiger partial charge >= 0.3 is 6.09 Å². The van der Waals surface area contributed by atoms with Crippen LogP contribution in [0.15, 0.2) is 42.9 Å². The monoisotopic (exact) mass is 417 g/mol. The number of rotatable bonds is 4. The molecule has 29 heavy (non-hydrogen) atoms. The maximum Gasteiger partial charge on any atom is 0.408 e. The fraction of sp³-hybridized carbons (Fsp3) is 0.400. The van der Waals surface area contributed by atoms with Crippen LogP contribution in [0, 0.1) is 5.92 Å². The van der Waals surface area contributed by atoms with Gasteiger partial charge in [-0.2, -0.15) is 5.10 Å². The van der Waals surface area contributed by atoms with Crippen molar-refractivity contribution >= 4 is 29.3 Å². The summed E-state index contributed by atoms with van der Waals surface area (Å²) in [6, 6.07) is 3.37. The quantitative estimate of drug-likeness (QED) is 0.770. The number of carbonyl (C=O) groups excluding carboxylic acids is 2. The van der Waals surface area contributed by atoms with Crippen molar-refractivity contribution in [3.63, 3.8) is 0 Å². The van der Waals surface area contributed by atoms with Crippen molar-refractivity contribution in [3.05, 3.63) is 48.0 Å². The topological polar surface area (TPSA) is 89.4 Å². The van der Waals surface area contributed by atoms with Gasteiger partial charge in [-0.15, -0.1) is 0 Å². The third-order valence-electron chi connectivity index (χ3n) is 4.36. The van der Waals surface area contributed by atoms with Crippen LogP contribution in [0.25, 0.3) is 5.69 Å². The molecule has 0 fully saturated rings. The van der Waals surface area contributed by atoms with Crippen LogP contribution in [-0.4, -0.2) is 45.5 Å². The van der Waals surface area contributed by atoms with E-state index in [4.69, 9.17) is 16.3 Å². The second kappa shape index (κ2) is 8.24. The number of aromatic nitrogens is 3. The molecule has 154 valence electrons. The number of halogens is 1. The van der Waals surface area contributed by atoms with E-state index in [0.29, 0.717) is 12.1 Å². The molecule has 0 saturated heterocycles. The third-order valence-corrected chi connectivity index (χ3v) is 4.63. The lowest BCUT2D eigenvalue weighted by Gasteiger charge is -2.22. The molecule has 0 bridgehead atoms. The lowest BCUT2D eigenvalue weighted by Crippen LogP contribution is -2.39. The molecule has 3 rings (SSSR count). The predicted octanol–water partition coefficient (Wildman–Crippen LogP) is 3.35. The Labute approximate surface area is 174 Å². The lowest BCUT2D eigenvalue weighted by molar-refractivity contribution is -0.120. The van der Waals surface area contributed by atoms with Crippen LogP contribution in [0.5, 0.6) is 0 Å². The van der Waals surface area contributed by atoms with Gasteiger partial charge in [0.15, 0.2) is 5.15 Å². The molecular weight excluding hydrogens is 394 g/mol. The molecule has 1 aliphatic rings. The first-order valence-corrected chi connectivity index (χ1v) is 9.63. The summed E-state index contributed by atoms with van der Waals surface area (Å²) in [6.07, 6.45) is 8.56. The van der Waals surface area contributed by atoms with E-state index in [9.17, 15) is 9.59 Å². The van der Waals surface area contributed by atoms with Gasteiger partial charge < -0.3 is 15.0 Å². The molecule has 0 spiro atoms. The van der Waals surface area contributed by atoms with Crippen molar-refractivity contribution in [2.75, 3.05) is 11.9 Å². The summed E-state index contributed by atoms with van der Waals surface area (Å²) >= 11 is 6.26. The minimum atomic E-state index is -0.576. The summed E-state index contributed by atoms with van der Waals surface area (Å²) < 4.78 is 6.84. The lowest BCUT2D eigenvalue weighted by atomic mass is 10.1. The summed E-state index contributed by atoms with van der Waals surface area (Å²) in [5, 5.41) is 7.24. The standard InChI is InChI=1S/C20H24ClN5O3/c1-20(2,3)29-19(28)23-14-8-7-13(10-14)18(27)25(4)16-12-26(24-17(16)21)15-6-5-9-22-11-15/h5-9,11-14H,10H2,1-4H3,(H,23,28)/t13-,14+/m1/s1.